The minimum Gasteiger partial charge on any atom is -0.384 e. The number of carbonyl (C=O) groups is 1. The van der Waals surface area contributed by atoms with E-state index in [1.807, 2.05) is 36.4 Å². The molecule has 0 aliphatic heterocycles. The van der Waals surface area contributed by atoms with Crippen LogP contribution in [0, 0.1) is 13.7 Å². The van der Waals surface area contributed by atoms with E-state index in [9.17, 15) is 14.9 Å². The molecule has 1 aromatic rings. The largest absolute Gasteiger partial charge is 0.384 e. The fourth-order valence-corrected chi connectivity index (χ4v) is 2.21. The maximum Gasteiger partial charge on any atom is 0.270 e. The highest BCUT2D eigenvalue weighted by atomic mass is 127. The van der Waals surface area contributed by atoms with Crippen molar-refractivity contribution >= 4 is 39.9 Å². The van der Waals surface area contributed by atoms with Gasteiger partial charge in [0.1, 0.15) is 0 Å². The van der Waals surface area contributed by atoms with Gasteiger partial charge in [0.25, 0.3) is 5.69 Å². The highest BCUT2D eigenvalue weighted by molar-refractivity contribution is 14.1. The maximum atomic E-state index is 11.6. The molecule has 0 radical (unpaired) electrons. The Bertz CT molecular complexity index is 494. The van der Waals surface area contributed by atoms with Gasteiger partial charge in [-0.1, -0.05) is 6.92 Å². The van der Waals surface area contributed by atoms with Crippen molar-refractivity contribution in [1.82, 2.24) is 5.32 Å². The second-order valence-corrected chi connectivity index (χ2v) is 5.64. The molecule has 0 bridgehead atoms. The summed E-state index contributed by atoms with van der Waals surface area (Å²) in [6.07, 6.45) is 1.27. The van der Waals surface area contributed by atoms with Gasteiger partial charge in [-0.3, -0.25) is 14.9 Å². The molecule has 1 atom stereocenters. The Morgan fingerprint density at radius 1 is 1.50 bits per heavy atom. The van der Waals surface area contributed by atoms with Gasteiger partial charge < -0.3 is 10.6 Å². The first-order valence-corrected chi connectivity index (χ1v) is 7.49. The molecule has 0 aromatic heterocycles. The average molecular weight is 391 g/mol. The zero-order valence-electron chi connectivity index (χ0n) is 11.5. The highest BCUT2D eigenvalue weighted by Crippen LogP contribution is 2.23. The van der Waals surface area contributed by atoms with Crippen molar-refractivity contribution in [3.63, 3.8) is 0 Å². The van der Waals surface area contributed by atoms with E-state index in [1.54, 1.807) is 6.07 Å². The quantitative estimate of drug-likeness (QED) is 0.425. The molecule has 1 amide bonds. The summed E-state index contributed by atoms with van der Waals surface area (Å²) in [5.41, 5.74) is 0.863. The van der Waals surface area contributed by atoms with E-state index in [2.05, 4.69) is 10.6 Å². The van der Waals surface area contributed by atoms with Crippen LogP contribution in [0.5, 0.6) is 0 Å². The Labute approximate surface area is 131 Å². The minimum atomic E-state index is -0.425. The van der Waals surface area contributed by atoms with Crippen molar-refractivity contribution in [2.75, 3.05) is 11.9 Å². The van der Waals surface area contributed by atoms with E-state index in [0.29, 0.717) is 13.0 Å². The molecule has 0 spiro atoms. The van der Waals surface area contributed by atoms with Crippen LogP contribution in [0.4, 0.5) is 11.4 Å². The number of carbonyl (C=O) groups excluding carboxylic acids is 1. The zero-order chi connectivity index (χ0) is 15.1. The molecule has 110 valence electrons. The SMILES string of the molecule is CCC(C)NC(=O)CCNc1ccc([N+](=O)[O-])cc1I. The van der Waals surface area contributed by atoms with Crippen LogP contribution < -0.4 is 10.6 Å². The second-order valence-electron chi connectivity index (χ2n) is 4.47. The van der Waals surface area contributed by atoms with E-state index in [-0.39, 0.29) is 17.6 Å². The number of nitrogens with one attached hydrogen (secondary N) is 2. The standard InChI is InChI=1S/C13H18IN3O3/c1-3-9(2)16-13(18)6-7-15-12-5-4-10(17(19)20)8-11(12)14/h4-5,8-9,15H,3,6-7H2,1-2H3,(H,16,18). The summed E-state index contributed by atoms with van der Waals surface area (Å²) in [6.45, 7) is 4.48. The lowest BCUT2D eigenvalue weighted by Gasteiger charge is -2.12. The number of halogens is 1. The van der Waals surface area contributed by atoms with Gasteiger partial charge in [-0.25, -0.2) is 0 Å². The number of nitro groups is 1. The van der Waals surface area contributed by atoms with Gasteiger partial charge in [-0.15, -0.1) is 0 Å². The first kappa shape index (κ1) is 16.7. The third-order valence-electron chi connectivity index (χ3n) is 2.85. The molecule has 1 unspecified atom stereocenters. The number of amides is 1. The molecule has 0 saturated carbocycles. The highest BCUT2D eigenvalue weighted by Gasteiger charge is 2.09. The van der Waals surface area contributed by atoms with Crippen LogP contribution in [0.25, 0.3) is 0 Å². The summed E-state index contributed by atoms with van der Waals surface area (Å²) >= 11 is 2.03. The summed E-state index contributed by atoms with van der Waals surface area (Å²) in [4.78, 5) is 21.8. The van der Waals surface area contributed by atoms with Crippen molar-refractivity contribution in [3.05, 3.63) is 31.9 Å². The van der Waals surface area contributed by atoms with Gasteiger partial charge in [0, 0.05) is 40.4 Å². The lowest BCUT2D eigenvalue weighted by molar-refractivity contribution is -0.384. The van der Waals surface area contributed by atoms with Gasteiger partial charge in [0.2, 0.25) is 5.91 Å². The number of benzene rings is 1. The van der Waals surface area contributed by atoms with Gasteiger partial charge in [0.05, 0.1) is 4.92 Å². The molecule has 1 rings (SSSR count). The molecular formula is C13H18IN3O3. The van der Waals surface area contributed by atoms with Gasteiger partial charge in [0.15, 0.2) is 0 Å². The number of rotatable bonds is 7. The molecule has 7 heteroatoms. The first-order chi connectivity index (χ1) is 9.43. The number of hydrogen-bond donors (Lipinski definition) is 2. The van der Waals surface area contributed by atoms with Gasteiger partial charge in [-0.2, -0.15) is 0 Å². The maximum absolute atomic E-state index is 11.6. The monoisotopic (exact) mass is 391 g/mol. The normalized spacial score (nSPS) is 11.8. The molecule has 20 heavy (non-hydrogen) atoms. The van der Waals surface area contributed by atoms with Crippen LogP contribution in [0.15, 0.2) is 18.2 Å². The van der Waals surface area contributed by atoms with E-state index in [4.69, 9.17) is 0 Å². The molecule has 0 saturated heterocycles. The van der Waals surface area contributed by atoms with E-state index >= 15 is 0 Å². The molecule has 0 heterocycles. The predicted octanol–water partition coefficient (Wildman–Crippen LogP) is 2.92. The molecule has 0 aliphatic carbocycles. The number of non-ortho nitro benzene ring substituents is 1. The molecule has 6 nitrogen and oxygen atoms in total. The van der Waals surface area contributed by atoms with Gasteiger partial charge in [-0.05, 0) is 42.0 Å². The summed E-state index contributed by atoms with van der Waals surface area (Å²) in [5, 5.41) is 16.6. The van der Waals surface area contributed by atoms with E-state index in [1.165, 1.54) is 12.1 Å². The summed E-state index contributed by atoms with van der Waals surface area (Å²) in [5.74, 6) is 0.00349. The summed E-state index contributed by atoms with van der Waals surface area (Å²) in [7, 11) is 0. The topological polar surface area (TPSA) is 84.3 Å². The van der Waals surface area contributed by atoms with E-state index < -0.39 is 4.92 Å². The fraction of sp³-hybridized carbons (Fsp3) is 0.462. The van der Waals surface area contributed by atoms with Crippen molar-refractivity contribution in [3.8, 4) is 0 Å². The molecule has 0 fully saturated rings. The van der Waals surface area contributed by atoms with Gasteiger partial charge >= 0.3 is 0 Å². The Hall–Kier alpha value is -1.38. The predicted molar refractivity (Wildman–Crippen MR) is 86.8 cm³/mol. The van der Waals surface area contributed by atoms with Crippen molar-refractivity contribution in [1.29, 1.82) is 0 Å². The minimum absolute atomic E-state index is 0.00349. The van der Waals surface area contributed by atoms with E-state index in [0.717, 1.165) is 15.7 Å². The third kappa shape index (κ3) is 5.32. The van der Waals surface area contributed by atoms with Crippen molar-refractivity contribution in [2.24, 2.45) is 0 Å². The zero-order valence-corrected chi connectivity index (χ0v) is 13.6. The Morgan fingerprint density at radius 2 is 2.20 bits per heavy atom. The summed E-state index contributed by atoms with van der Waals surface area (Å²) < 4.78 is 0.763. The van der Waals surface area contributed by atoms with Crippen LogP contribution in [-0.2, 0) is 4.79 Å². The van der Waals surface area contributed by atoms with Crippen LogP contribution in [-0.4, -0.2) is 23.4 Å². The number of nitro benzene ring substituents is 1. The number of hydrogen-bond acceptors (Lipinski definition) is 4. The van der Waals surface area contributed by atoms with Crippen LogP contribution in [0.3, 0.4) is 0 Å². The molecule has 1 aromatic carbocycles. The fourth-order valence-electron chi connectivity index (χ4n) is 1.52. The van der Waals surface area contributed by atoms with Crippen molar-refractivity contribution in [2.45, 2.75) is 32.7 Å². The smallest absolute Gasteiger partial charge is 0.270 e. The summed E-state index contributed by atoms with van der Waals surface area (Å²) in [6, 6.07) is 4.79. The van der Waals surface area contributed by atoms with Crippen LogP contribution in [0.2, 0.25) is 0 Å². The third-order valence-corrected chi connectivity index (χ3v) is 3.74. The first-order valence-electron chi connectivity index (χ1n) is 6.41. The average Bonchev–Trinajstić information content (AvgIpc) is 2.40. The Balaban J connectivity index is 2.46. The Morgan fingerprint density at radius 3 is 2.75 bits per heavy atom. The van der Waals surface area contributed by atoms with Crippen LogP contribution >= 0.6 is 22.6 Å². The molecule has 0 aliphatic rings. The lowest BCUT2D eigenvalue weighted by atomic mass is 10.2. The second kappa shape index (κ2) is 8.03. The number of nitrogens with zero attached hydrogens (tertiary/aromatic N) is 1. The Kier molecular flexibility index (Phi) is 6.69. The lowest BCUT2D eigenvalue weighted by Crippen LogP contribution is -2.32. The molecular weight excluding hydrogens is 373 g/mol. The number of anilines is 1. The van der Waals surface area contributed by atoms with Crippen LogP contribution in [0.1, 0.15) is 26.7 Å². The molecule has 2 N–H and O–H groups in total. The van der Waals surface area contributed by atoms with Crippen molar-refractivity contribution < 1.29 is 9.72 Å².